The summed E-state index contributed by atoms with van der Waals surface area (Å²) in [6, 6.07) is 10.8. The highest BCUT2D eigenvalue weighted by Crippen LogP contribution is 2.36. The van der Waals surface area contributed by atoms with E-state index in [9.17, 15) is 4.79 Å². The van der Waals surface area contributed by atoms with Crippen LogP contribution in [0.25, 0.3) is 5.69 Å². The zero-order valence-electron chi connectivity index (χ0n) is 18.3. The molecule has 1 aromatic carbocycles. The van der Waals surface area contributed by atoms with Crippen molar-refractivity contribution in [3.63, 3.8) is 0 Å². The summed E-state index contributed by atoms with van der Waals surface area (Å²) in [5.41, 5.74) is 1.07. The number of nitrogens with zero attached hydrogens (tertiary/aromatic N) is 5. The van der Waals surface area contributed by atoms with E-state index < -0.39 is 0 Å². The molecule has 3 heterocycles. The van der Waals surface area contributed by atoms with E-state index in [1.807, 2.05) is 18.2 Å². The molecule has 1 aromatic heterocycles. The molecule has 3 fully saturated rings. The fourth-order valence-corrected chi connectivity index (χ4v) is 6.47. The Hall–Kier alpha value is -1.86. The molecule has 7 heteroatoms. The molecule has 6 nitrogen and oxygen atoms in total. The van der Waals surface area contributed by atoms with Crippen molar-refractivity contribution in [2.24, 2.45) is 5.92 Å². The number of para-hydroxylation sites is 1. The van der Waals surface area contributed by atoms with Crippen molar-refractivity contribution in [3.05, 3.63) is 36.2 Å². The van der Waals surface area contributed by atoms with Crippen LogP contribution < -0.4 is 0 Å². The van der Waals surface area contributed by atoms with Crippen LogP contribution in [0.2, 0.25) is 0 Å². The normalized spacial score (nSPS) is 24.3. The zero-order chi connectivity index (χ0) is 21.0. The van der Waals surface area contributed by atoms with Gasteiger partial charge in [-0.2, -0.15) is 0 Å². The molecule has 1 aliphatic carbocycles. The molecule has 0 spiro atoms. The third-order valence-corrected chi connectivity index (χ3v) is 8.08. The Labute approximate surface area is 189 Å². The topological polar surface area (TPSA) is 54.3 Å². The monoisotopic (exact) mass is 439 g/mol. The van der Waals surface area contributed by atoms with Gasteiger partial charge in [0.1, 0.15) is 0 Å². The Morgan fingerprint density at radius 2 is 1.71 bits per heavy atom. The third-order valence-electron chi connectivity index (χ3n) is 7.17. The Balaban J connectivity index is 1.31. The first kappa shape index (κ1) is 21.0. The molecule has 2 aromatic rings. The number of fused-ring (bicyclic) bond motifs is 1. The molecule has 3 aliphatic rings. The van der Waals surface area contributed by atoms with E-state index in [4.69, 9.17) is 0 Å². The number of likely N-dealkylation sites (tertiary alicyclic amines) is 2. The van der Waals surface area contributed by atoms with Crippen molar-refractivity contribution in [1.29, 1.82) is 0 Å². The van der Waals surface area contributed by atoms with Crippen molar-refractivity contribution in [2.75, 3.05) is 25.4 Å². The largest absolute Gasteiger partial charge is 0.339 e. The van der Waals surface area contributed by atoms with Gasteiger partial charge < -0.3 is 4.90 Å². The van der Waals surface area contributed by atoms with Gasteiger partial charge in [-0.05, 0) is 69.7 Å². The first-order valence-electron chi connectivity index (χ1n) is 11.9. The molecule has 2 atom stereocenters. The molecule has 2 aliphatic heterocycles. The van der Waals surface area contributed by atoms with E-state index in [1.54, 1.807) is 11.8 Å². The van der Waals surface area contributed by atoms with Gasteiger partial charge >= 0.3 is 0 Å². The number of amides is 1. The lowest BCUT2D eigenvalue weighted by Gasteiger charge is -2.44. The van der Waals surface area contributed by atoms with Crippen LogP contribution in [-0.2, 0) is 11.3 Å². The van der Waals surface area contributed by atoms with Gasteiger partial charge in [-0.25, -0.2) is 0 Å². The Bertz CT molecular complexity index is 877. The molecule has 31 heavy (non-hydrogen) atoms. The minimum Gasteiger partial charge on any atom is -0.339 e. The number of carbonyl (C=O) groups excluding carboxylic acids is 1. The van der Waals surface area contributed by atoms with Gasteiger partial charge in [-0.1, -0.05) is 42.8 Å². The van der Waals surface area contributed by atoms with Crippen molar-refractivity contribution >= 4 is 17.7 Å². The smallest absolute Gasteiger partial charge is 0.233 e. The SMILES string of the molecule is O=C(CSc1nnc(CN2CCCC2)n1-c1ccccc1)N1CCCC2CCCCC21. The number of benzene rings is 1. The molecule has 1 saturated carbocycles. The van der Waals surface area contributed by atoms with Crippen LogP contribution in [-0.4, -0.2) is 61.9 Å². The number of hydrogen-bond donors (Lipinski definition) is 0. The lowest BCUT2D eigenvalue weighted by atomic mass is 9.78. The highest BCUT2D eigenvalue weighted by atomic mass is 32.2. The minimum atomic E-state index is 0.269. The Morgan fingerprint density at radius 3 is 2.55 bits per heavy atom. The number of rotatable bonds is 6. The number of carbonyl (C=O) groups is 1. The fourth-order valence-electron chi connectivity index (χ4n) is 5.62. The summed E-state index contributed by atoms with van der Waals surface area (Å²) in [5.74, 6) is 2.40. The van der Waals surface area contributed by atoms with Crippen LogP contribution in [0.4, 0.5) is 0 Å². The Morgan fingerprint density at radius 1 is 0.935 bits per heavy atom. The summed E-state index contributed by atoms with van der Waals surface area (Å²) >= 11 is 1.54. The maximum atomic E-state index is 13.2. The summed E-state index contributed by atoms with van der Waals surface area (Å²) in [4.78, 5) is 17.8. The van der Waals surface area contributed by atoms with E-state index in [2.05, 4.69) is 36.7 Å². The summed E-state index contributed by atoms with van der Waals surface area (Å²) in [6.45, 7) is 3.98. The fraction of sp³-hybridized carbons (Fsp3) is 0.625. The number of aromatic nitrogens is 3. The first-order valence-corrected chi connectivity index (χ1v) is 12.9. The predicted octanol–water partition coefficient (Wildman–Crippen LogP) is 4.14. The van der Waals surface area contributed by atoms with Gasteiger partial charge in [0, 0.05) is 18.3 Å². The predicted molar refractivity (Wildman–Crippen MR) is 123 cm³/mol. The van der Waals surface area contributed by atoms with Crippen LogP contribution in [0.5, 0.6) is 0 Å². The van der Waals surface area contributed by atoms with Gasteiger partial charge in [0.05, 0.1) is 12.3 Å². The third kappa shape index (κ3) is 4.67. The van der Waals surface area contributed by atoms with Crippen molar-refractivity contribution in [1.82, 2.24) is 24.6 Å². The van der Waals surface area contributed by atoms with E-state index in [-0.39, 0.29) is 5.91 Å². The molecule has 5 rings (SSSR count). The molecule has 1 amide bonds. The van der Waals surface area contributed by atoms with Crippen molar-refractivity contribution in [2.45, 2.75) is 69.1 Å². The summed E-state index contributed by atoms with van der Waals surface area (Å²) < 4.78 is 2.15. The van der Waals surface area contributed by atoms with Gasteiger partial charge in [-0.15, -0.1) is 10.2 Å². The molecule has 0 radical (unpaired) electrons. The lowest BCUT2D eigenvalue weighted by molar-refractivity contribution is -0.134. The van der Waals surface area contributed by atoms with Crippen molar-refractivity contribution in [3.8, 4) is 5.69 Å². The molecule has 0 bridgehead atoms. The van der Waals surface area contributed by atoms with Crippen LogP contribution in [0, 0.1) is 5.92 Å². The molecular formula is C24H33N5OS. The molecule has 0 N–H and O–H groups in total. The second kappa shape index (κ2) is 9.74. The zero-order valence-corrected chi connectivity index (χ0v) is 19.1. The van der Waals surface area contributed by atoms with Crippen molar-refractivity contribution < 1.29 is 4.79 Å². The maximum Gasteiger partial charge on any atom is 0.233 e. The molecule has 2 unspecified atom stereocenters. The van der Waals surface area contributed by atoms with Gasteiger partial charge in [0.25, 0.3) is 0 Å². The molecule has 166 valence electrons. The maximum absolute atomic E-state index is 13.2. The second-order valence-electron chi connectivity index (χ2n) is 9.18. The average molecular weight is 440 g/mol. The van der Waals surface area contributed by atoms with E-state index in [0.29, 0.717) is 11.8 Å². The quantitative estimate of drug-likeness (QED) is 0.634. The molecular weight excluding hydrogens is 406 g/mol. The highest BCUT2D eigenvalue weighted by molar-refractivity contribution is 7.99. The van der Waals surface area contributed by atoms with E-state index in [1.165, 1.54) is 44.9 Å². The van der Waals surface area contributed by atoms with Crippen LogP contribution in [0.15, 0.2) is 35.5 Å². The minimum absolute atomic E-state index is 0.269. The van der Waals surface area contributed by atoms with Crippen LogP contribution in [0.1, 0.15) is 57.2 Å². The van der Waals surface area contributed by atoms with Gasteiger partial charge in [-0.3, -0.25) is 14.3 Å². The number of hydrogen-bond acceptors (Lipinski definition) is 5. The lowest BCUT2D eigenvalue weighted by Crippen LogP contribution is -2.50. The van der Waals surface area contributed by atoms with Crippen LogP contribution >= 0.6 is 11.8 Å². The highest BCUT2D eigenvalue weighted by Gasteiger charge is 2.35. The standard InChI is InChI=1S/C24H33N5OS/c30-23(28-16-8-10-19-9-4-5-13-21(19)28)18-31-24-26-25-22(17-27-14-6-7-15-27)29(24)20-11-2-1-3-12-20/h1-3,11-12,19,21H,4-10,13-18H2. The summed E-state index contributed by atoms with van der Waals surface area (Å²) in [5, 5.41) is 9.87. The molecule has 2 saturated heterocycles. The average Bonchev–Trinajstić information content (AvgIpc) is 3.48. The Kier molecular flexibility index (Phi) is 6.60. The van der Waals surface area contributed by atoms with E-state index in [0.717, 1.165) is 55.2 Å². The van der Waals surface area contributed by atoms with Gasteiger partial charge in [0.2, 0.25) is 5.91 Å². The summed E-state index contributed by atoms with van der Waals surface area (Å²) in [6.07, 6.45) is 10.0. The summed E-state index contributed by atoms with van der Waals surface area (Å²) in [7, 11) is 0. The first-order chi connectivity index (χ1) is 15.3. The van der Waals surface area contributed by atoms with E-state index >= 15 is 0 Å². The van der Waals surface area contributed by atoms with Gasteiger partial charge in [0.15, 0.2) is 11.0 Å². The number of piperidine rings is 1. The second-order valence-corrected chi connectivity index (χ2v) is 10.1. The number of thioether (sulfide) groups is 1. The van der Waals surface area contributed by atoms with Crippen LogP contribution in [0.3, 0.4) is 0 Å².